The Morgan fingerprint density at radius 1 is 1.13 bits per heavy atom. The predicted molar refractivity (Wildman–Crippen MR) is 117 cm³/mol. The second kappa shape index (κ2) is 8.22. The van der Waals surface area contributed by atoms with E-state index in [4.69, 9.17) is 17.3 Å². The molecule has 4 rings (SSSR count). The number of fused-ring (bicyclic) bond motifs is 1. The number of hydrogen-bond donors (Lipinski definition) is 3. The van der Waals surface area contributed by atoms with Gasteiger partial charge in [-0.3, -0.25) is 0 Å². The van der Waals surface area contributed by atoms with Crippen LogP contribution in [0.5, 0.6) is 0 Å². The zero-order valence-electron chi connectivity index (χ0n) is 15.7. The molecule has 11 heteroatoms. The molecule has 1 atom stereocenters. The Morgan fingerprint density at radius 3 is 2.58 bits per heavy atom. The van der Waals surface area contributed by atoms with Gasteiger partial charge in [-0.1, -0.05) is 11.6 Å². The number of carbonyl (C=O) groups is 1. The van der Waals surface area contributed by atoms with Crippen LogP contribution in [0.4, 0.5) is 40.0 Å². The summed E-state index contributed by atoms with van der Waals surface area (Å²) in [7, 11) is 0. The highest BCUT2D eigenvalue weighted by molar-refractivity contribution is 7.14. The van der Waals surface area contributed by atoms with Crippen LogP contribution < -0.4 is 21.3 Å². The van der Waals surface area contributed by atoms with E-state index in [0.717, 1.165) is 34.5 Å². The van der Waals surface area contributed by atoms with Crippen molar-refractivity contribution < 1.29 is 18.0 Å². The van der Waals surface area contributed by atoms with Gasteiger partial charge in [-0.15, -0.1) is 11.3 Å². The monoisotopic (exact) mass is 465 g/mol. The highest BCUT2D eigenvalue weighted by Crippen LogP contribution is 2.37. The third-order valence-electron chi connectivity index (χ3n) is 4.56. The van der Waals surface area contributed by atoms with Crippen LogP contribution in [0.2, 0.25) is 5.02 Å². The number of nitrogens with one attached hydrogen (secondary N) is 2. The fourth-order valence-electron chi connectivity index (χ4n) is 3.00. The number of nitrogens with two attached hydrogens (primary N) is 1. The molecule has 0 aliphatic carbocycles. The van der Waals surface area contributed by atoms with Crippen molar-refractivity contribution in [1.29, 1.82) is 0 Å². The zero-order chi connectivity index (χ0) is 22.2. The quantitative estimate of drug-likeness (QED) is 0.430. The average Bonchev–Trinajstić information content (AvgIpc) is 3.20. The molecule has 0 radical (unpaired) electrons. The number of nitrogens with zero attached hydrogens (tertiary/aromatic N) is 2. The summed E-state index contributed by atoms with van der Waals surface area (Å²) in [5.74, 6) is 0. The summed E-state index contributed by atoms with van der Waals surface area (Å²) >= 11 is 7.41. The molecular formula is C20H15ClF3N5OS. The topological polar surface area (TPSA) is 82.8 Å². The number of anilines is 3. The van der Waals surface area contributed by atoms with Gasteiger partial charge in [0.15, 0.2) is 0 Å². The predicted octanol–water partition coefficient (Wildman–Crippen LogP) is 6.20. The summed E-state index contributed by atoms with van der Waals surface area (Å²) in [5.41, 5.74) is 7.36. The van der Waals surface area contributed by atoms with Gasteiger partial charge in [0.25, 0.3) is 0 Å². The van der Waals surface area contributed by atoms with E-state index >= 15 is 0 Å². The number of alkyl halides is 3. The number of carbonyl (C=O) groups excluding carboxylic acids is 1. The van der Waals surface area contributed by atoms with E-state index in [0.29, 0.717) is 5.69 Å². The minimum absolute atomic E-state index is 0.00956. The van der Waals surface area contributed by atoms with Crippen molar-refractivity contribution in [3.05, 3.63) is 70.1 Å². The van der Waals surface area contributed by atoms with Gasteiger partial charge in [-0.05, 0) is 53.9 Å². The third-order valence-corrected chi connectivity index (χ3v) is 5.72. The van der Waals surface area contributed by atoms with E-state index in [-0.39, 0.29) is 16.9 Å². The molecule has 1 unspecified atom stereocenters. The molecule has 2 amide bonds. The van der Waals surface area contributed by atoms with Crippen LogP contribution in [0.25, 0.3) is 0 Å². The Morgan fingerprint density at radius 2 is 1.87 bits per heavy atom. The normalized spacial score (nSPS) is 15.5. The number of benzene rings is 2. The molecule has 160 valence electrons. The molecule has 2 heterocycles. The lowest BCUT2D eigenvalue weighted by Gasteiger charge is -2.29. The van der Waals surface area contributed by atoms with Crippen molar-refractivity contribution in [3.8, 4) is 0 Å². The number of hydrogen-bond acceptors (Lipinski definition) is 5. The van der Waals surface area contributed by atoms with E-state index in [1.165, 1.54) is 11.3 Å². The lowest BCUT2D eigenvalue weighted by Crippen LogP contribution is -2.35. The molecule has 0 saturated heterocycles. The number of thiophene rings is 1. The van der Waals surface area contributed by atoms with Crippen LogP contribution in [0, 0.1) is 0 Å². The Bertz CT molecular complexity index is 1150. The summed E-state index contributed by atoms with van der Waals surface area (Å²) in [5, 5.41) is 7.67. The molecular weight excluding hydrogens is 451 g/mol. The van der Waals surface area contributed by atoms with Gasteiger partial charge in [0.1, 0.15) is 11.2 Å². The van der Waals surface area contributed by atoms with Crippen molar-refractivity contribution in [2.75, 3.05) is 15.5 Å². The summed E-state index contributed by atoms with van der Waals surface area (Å²) < 4.78 is 38.6. The molecule has 0 bridgehead atoms. The standard InChI is InChI=1S/C20H15ClF3N5OS/c21-15-6-1-11(20(22,23)24)9-16(15)28-19(30)27-12-2-4-13(5-3-12)29-10-26-18-14(17(29)25)7-8-31-18/h1-10,17H,25H2,(H2,27,28,30). The molecule has 2 aromatic carbocycles. The smallest absolute Gasteiger partial charge is 0.312 e. The zero-order valence-corrected chi connectivity index (χ0v) is 17.2. The van der Waals surface area contributed by atoms with E-state index in [1.54, 1.807) is 35.5 Å². The van der Waals surface area contributed by atoms with Gasteiger partial charge in [0, 0.05) is 16.9 Å². The SMILES string of the molecule is NC1c2ccsc2N=CN1c1ccc(NC(=O)Nc2cc(C(F)(F)F)ccc2Cl)cc1. The van der Waals surface area contributed by atoms with Crippen molar-refractivity contribution in [2.45, 2.75) is 12.3 Å². The maximum Gasteiger partial charge on any atom is 0.416 e. The number of urea groups is 1. The maximum absolute atomic E-state index is 12.9. The third kappa shape index (κ3) is 4.50. The van der Waals surface area contributed by atoms with Crippen LogP contribution in [0.1, 0.15) is 17.3 Å². The molecule has 31 heavy (non-hydrogen) atoms. The first-order chi connectivity index (χ1) is 14.7. The van der Waals surface area contributed by atoms with Crippen molar-refractivity contribution in [2.24, 2.45) is 10.7 Å². The summed E-state index contributed by atoms with van der Waals surface area (Å²) in [6.45, 7) is 0. The number of amides is 2. The van der Waals surface area contributed by atoms with Gasteiger partial charge < -0.3 is 21.3 Å². The minimum Gasteiger partial charge on any atom is -0.312 e. The van der Waals surface area contributed by atoms with Gasteiger partial charge in [0.2, 0.25) is 0 Å². The van der Waals surface area contributed by atoms with Gasteiger partial charge >= 0.3 is 12.2 Å². The van der Waals surface area contributed by atoms with E-state index in [2.05, 4.69) is 15.6 Å². The van der Waals surface area contributed by atoms with Crippen LogP contribution in [-0.2, 0) is 6.18 Å². The molecule has 0 fully saturated rings. The van der Waals surface area contributed by atoms with Crippen LogP contribution >= 0.6 is 22.9 Å². The van der Waals surface area contributed by atoms with E-state index < -0.39 is 17.8 Å². The second-order valence-electron chi connectivity index (χ2n) is 6.60. The Hall–Kier alpha value is -3.08. The Kier molecular flexibility index (Phi) is 5.61. The van der Waals surface area contributed by atoms with E-state index in [9.17, 15) is 18.0 Å². The first kappa shape index (κ1) is 21.2. The fraction of sp³-hybridized carbons (Fsp3) is 0.100. The summed E-state index contributed by atoms with van der Waals surface area (Å²) in [6.07, 6.45) is -3.28. The van der Waals surface area contributed by atoms with Crippen LogP contribution in [-0.4, -0.2) is 12.4 Å². The van der Waals surface area contributed by atoms with Gasteiger partial charge in [-0.25, -0.2) is 9.79 Å². The highest BCUT2D eigenvalue weighted by Gasteiger charge is 2.31. The molecule has 1 aliphatic heterocycles. The highest BCUT2D eigenvalue weighted by atomic mass is 35.5. The largest absolute Gasteiger partial charge is 0.416 e. The maximum atomic E-state index is 12.9. The molecule has 0 saturated carbocycles. The molecule has 1 aromatic heterocycles. The molecule has 1 aliphatic rings. The Labute approximate surface area is 184 Å². The minimum atomic E-state index is -4.55. The molecule has 0 spiro atoms. The number of aliphatic imine (C=N–C) groups is 1. The van der Waals surface area contributed by atoms with Gasteiger partial charge in [-0.2, -0.15) is 13.2 Å². The first-order valence-corrected chi connectivity index (χ1v) is 10.2. The molecule has 6 nitrogen and oxygen atoms in total. The van der Waals surface area contributed by atoms with Crippen molar-refractivity contribution in [3.63, 3.8) is 0 Å². The summed E-state index contributed by atoms with van der Waals surface area (Å²) in [6, 6.07) is 10.7. The second-order valence-corrected chi connectivity index (χ2v) is 7.90. The lowest BCUT2D eigenvalue weighted by atomic mass is 10.2. The first-order valence-electron chi connectivity index (χ1n) is 8.93. The van der Waals surface area contributed by atoms with Crippen molar-refractivity contribution in [1.82, 2.24) is 0 Å². The van der Waals surface area contributed by atoms with E-state index in [1.807, 2.05) is 11.4 Å². The fourth-order valence-corrected chi connectivity index (χ4v) is 3.94. The average molecular weight is 466 g/mol. The molecule has 4 N–H and O–H groups in total. The van der Waals surface area contributed by atoms with Crippen LogP contribution in [0.15, 0.2) is 58.9 Å². The molecule has 3 aromatic rings. The van der Waals surface area contributed by atoms with Crippen LogP contribution in [0.3, 0.4) is 0 Å². The Balaban J connectivity index is 1.43. The van der Waals surface area contributed by atoms with Crippen molar-refractivity contribution >= 4 is 57.4 Å². The number of halogens is 4. The number of rotatable bonds is 3. The summed E-state index contributed by atoms with van der Waals surface area (Å²) in [4.78, 5) is 18.4. The lowest BCUT2D eigenvalue weighted by molar-refractivity contribution is -0.137. The van der Waals surface area contributed by atoms with Gasteiger partial charge in [0.05, 0.1) is 22.6 Å².